The molecule has 0 bridgehead atoms. The first-order valence-corrected chi connectivity index (χ1v) is 7.20. The predicted molar refractivity (Wildman–Crippen MR) is 74.3 cm³/mol. The van der Waals surface area contributed by atoms with Crippen LogP contribution in [0.25, 0.3) is 6.08 Å². The van der Waals surface area contributed by atoms with Crippen LogP contribution in [0.3, 0.4) is 0 Å². The molecule has 0 saturated carbocycles. The topological polar surface area (TPSA) is 40.9 Å². The van der Waals surface area contributed by atoms with Crippen molar-refractivity contribution in [2.75, 3.05) is 0 Å². The highest BCUT2D eigenvalue weighted by Gasteiger charge is 2.13. The molecule has 0 atom stereocenters. The molecule has 17 heavy (non-hydrogen) atoms. The van der Waals surface area contributed by atoms with Gasteiger partial charge in [-0.1, -0.05) is 6.07 Å². The number of ketones is 1. The molecule has 0 N–H and O–H groups in total. The number of rotatable bonds is 3. The second-order valence-electron chi connectivity index (χ2n) is 3.14. The monoisotopic (exact) mass is 323 g/mol. The van der Waals surface area contributed by atoms with E-state index in [4.69, 9.17) is 5.26 Å². The molecule has 2 aromatic rings. The fourth-order valence-corrected chi connectivity index (χ4v) is 3.29. The van der Waals surface area contributed by atoms with Crippen molar-refractivity contribution in [1.29, 1.82) is 5.26 Å². The molecule has 2 aromatic heterocycles. The first kappa shape index (κ1) is 12.2. The minimum absolute atomic E-state index is 0.168. The Labute approximate surface area is 115 Å². The van der Waals surface area contributed by atoms with Crippen molar-refractivity contribution in [3.05, 3.63) is 48.8 Å². The average molecular weight is 324 g/mol. The van der Waals surface area contributed by atoms with Crippen molar-refractivity contribution in [3.63, 3.8) is 0 Å². The normalized spacial score (nSPS) is 11.2. The first-order valence-electron chi connectivity index (χ1n) is 4.65. The molecule has 0 spiro atoms. The number of halogens is 1. The van der Waals surface area contributed by atoms with Gasteiger partial charge in [0.1, 0.15) is 11.6 Å². The van der Waals surface area contributed by atoms with Crippen molar-refractivity contribution in [2.24, 2.45) is 0 Å². The van der Waals surface area contributed by atoms with Gasteiger partial charge in [0.05, 0.1) is 4.88 Å². The van der Waals surface area contributed by atoms with Crippen LogP contribution in [0.1, 0.15) is 14.5 Å². The molecule has 2 heterocycles. The molecule has 84 valence electrons. The van der Waals surface area contributed by atoms with Crippen LogP contribution in [0.15, 0.2) is 39.0 Å². The Morgan fingerprint density at radius 1 is 1.47 bits per heavy atom. The van der Waals surface area contributed by atoms with Gasteiger partial charge in [0.2, 0.25) is 5.78 Å². The van der Waals surface area contributed by atoms with Crippen LogP contribution in [-0.4, -0.2) is 5.78 Å². The van der Waals surface area contributed by atoms with Gasteiger partial charge in [-0.15, -0.1) is 22.7 Å². The summed E-state index contributed by atoms with van der Waals surface area (Å²) in [5.74, 6) is -0.216. The Morgan fingerprint density at radius 2 is 2.29 bits per heavy atom. The molecule has 5 heteroatoms. The third kappa shape index (κ3) is 2.91. The summed E-state index contributed by atoms with van der Waals surface area (Å²) in [6.07, 6.45) is 1.62. The largest absolute Gasteiger partial charge is 0.287 e. The van der Waals surface area contributed by atoms with Crippen molar-refractivity contribution in [2.45, 2.75) is 0 Å². The third-order valence-electron chi connectivity index (χ3n) is 1.98. The van der Waals surface area contributed by atoms with Gasteiger partial charge in [-0.2, -0.15) is 5.26 Å². The Kier molecular flexibility index (Phi) is 3.89. The van der Waals surface area contributed by atoms with E-state index in [-0.39, 0.29) is 11.4 Å². The number of thiophene rings is 2. The van der Waals surface area contributed by atoms with Gasteiger partial charge in [0.25, 0.3) is 0 Å². The number of hydrogen-bond acceptors (Lipinski definition) is 4. The number of Topliss-reactive ketones (excluding diaryl/α,β-unsaturated/α-hetero) is 1. The van der Waals surface area contributed by atoms with E-state index in [0.717, 1.165) is 9.35 Å². The highest BCUT2D eigenvalue weighted by molar-refractivity contribution is 9.10. The number of nitriles is 1. The molecule has 0 unspecified atom stereocenters. The maximum atomic E-state index is 12.0. The standard InChI is InChI=1S/C12H6BrNOS2/c13-9-5-10(17-7-9)4-8(6-14)12(15)11-2-1-3-16-11/h1-5,7H/b8-4-. The summed E-state index contributed by atoms with van der Waals surface area (Å²) < 4.78 is 0.953. The lowest BCUT2D eigenvalue weighted by atomic mass is 10.1. The van der Waals surface area contributed by atoms with E-state index in [2.05, 4.69) is 15.9 Å². The summed E-state index contributed by atoms with van der Waals surface area (Å²) in [6, 6.07) is 7.36. The minimum atomic E-state index is -0.216. The molecule has 2 nitrogen and oxygen atoms in total. The molecule has 0 aliphatic carbocycles. The quantitative estimate of drug-likeness (QED) is 0.478. The van der Waals surface area contributed by atoms with Gasteiger partial charge in [-0.3, -0.25) is 4.79 Å². The number of carbonyl (C=O) groups excluding carboxylic acids is 1. The van der Waals surface area contributed by atoms with Gasteiger partial charge in [0, 0.05) is 14.7 Å². The van der Waals surface area contributed by atoms with E-state index in [9.17, 15) is 4.79 Å². The average Bonchev–Trinajstić information content (AvgIpc) is 2.96. The summed E-state index contributed by atoms with van der Waals surface area (Å²) in [4.78, 5) is 13.4. The molecule has 0 saturated heterocycles. The Morgan fingerprint density at radius 3 is 2.82 bits per heavy atom. The molecule has 2 rings (SSSR count). The zero-order valence-electron chi connectivity index (χ0n) is 8.51. The van der Waals surface area contributed by atoms with E-state index in [1.165, 1.54) is 22.7 Å². The van der Waals surface area contributed by atoms with Gasteiger partial charge in [-0.25, -0.2) is 0 Å². The lowest BCUT2D eigenvalue weighted by molar-refractivity contribution is 0.104. The summed E-state index contributed by atoms with van der Waals surface area (Å²) in [5, 5.41) is 12.8. The van der Waals surface area contributed by atoms with Crippen LogP contribution in [0.4, 0.5) is 0 Å². The highest BCUT2D eigenvalue weighted by Crippen LogP contribution is 2.23. The van der Waals surface area contributed by atoms with E-state index >= 15 is 0 Å². The lowest BCUT2D eigenvalue weighted by Crippen LogP contribution is -1.98. The maximum Gasteiger partial charge on any atom is 0.213 e. The van der Waals surface area contributed by atoms with E-state index in [0.29, 0.717) is 4.88 Å². The summed E-state index contributed by atoms with van der Waals surface area (Å²) in [6.45, 7) is 0. The molecule has 0 aliphatic rings. The van der Waals surface area contributed by atoms with Gasteiger partial charge < -0.3 is 0 Å². The maximum absolute atomic E-state index is 12.0. The summed E-state index contributed by atoms with van der Waals surface area (Å²) in [5.41, 5.74) is 0.168. The molecule has 0 aliphatic heterocycles. The summed E-state index contributed by atoms with van der Waals surface area (Å²) >= 11 is 6.16. The second kappa shape index (κ2) is 5.41. The van der Waals surface area contributed by atoms with Crippen molar-refractivity contribution >= 4 is 50.5 Å². The number of allylic oxidation sites excluding steroid dienone is 1. The molecular weight excluding hydrogens is 318 g/mol. The third-order valence-corrected chi connectivity index (χ3v) is 4.49. The number of carbonyl (C=O) groups is 1. The molecule has 0 radical (unpaired) electrons. The van der Waals surface area contributed by atoms with E-state index in [1.54, 1.807) is 18.2 Å². The van der Waals surface area contributed by atoms with Crippen LogP contribution < -0.4 is 0 Å². The number of nitrogens with zero attached hydrogens (tertiary/aromatic N) is 1. The number of hydrogen-bond donors (Lipinski definition) is 0. The van der Waals surface area contributed by atoms with Crippen molar-refractivity contribution in [1.82, 2.24) is 0 Å². The summed E-state index contributed by atoms with van der Waals surface area (Å²) in [7, 11) is 0. The fraction of sp³-hybridized carbons (Fsp3) is 0. The highest BCUT2D eigenvalue weighted by atomic mass is 79.9. The van der Waals surface area contributed by atoms with Crippen molar-refractivity contribution < 1.29 is 4.79 Å². The molecule has 0 aromatic carbocycles. The van der Waals surface area contributed by atoms with Crippen LogP contribution >= 0.6 is 38.6 Å². The minimum Gasteiger partial charge on any atom is -0.287 e. The zero-order valence-corrected chi connectivity index (χ0v) is 11.7. The van der Waals surface area contributed by atoms with E-state index in [1.807, 2.05) is 22.9 Å². The smallest absolute Gasteiger partial charge is 0.213 e. The van der Waals surface area contributed by atoms with Crippen LogP contribution in [0.5, 0.6) is 0 Å². The van der Waals surface area contributed by atoms with Gasteiger partial charge in [-0.05, 0) is 39.5 Å². The first-order chi connectivity index (χ1) is 8.20. The molecule has 0 amide bonds. The Hall–Kier alpha value is -1.22. The second-order valence-corrected chi connectivity index (χ2v) is 5.95. The molecular formula is C12H6BrNOS2. The predicted octanol–water partition coefficient (Wildman–Crippen LogP) is 4.36. The molecule has 0 fully saturated rings. The zero-order chi connectivity index (χ0) is 12.3. The van der Waals surface area contributed by atoms with Crippen LogP contribution in [-0.2, 0) is 0 Å². The fourth-order valence-electron chi connectivity index (χ4n) is 1.24. The van der Waals surface area contributed by atoms with Gasteiger partial charge in [0.15, 0.2) is 0 Å². The van der Waals surface area contributed by atoms with Crippen LogP contribution in [0.2, 0.25) is 0 Å². The van der Waals surface area contributed by atoms with E-state index < -0.39 is 0 Å². The Bertz CT molecular complexity index is 605. The SMILES string of the molecule is N#C/C(=C/c1cc(Br)cs1)C(=O)c1cccs1. The Balaban J connectivity index is 2.32. The lowest BCUT2D eigenvalue weighted by Gasteiger charge is -1.93. The van der Waals surface area contributed by atoms with Gasteiger partial charge >= 0.3 is 0 Å². The van der Waals surface area contributed by atoms with Crippen LogP contribution in [0, 0.1) is 11.3 Å². The van der Waals surface area contributed by atoms with Crippen molar-refractivity contribution in [3.8, 4) is 6.07 Å².